The molecule has 0 aromatic carbocycles. The minimum Gasteiger partial charge on any atom is -0.388 e. The predicted octanol–water partition coefficient (Wildman–Crippen LogP) is -0.150. The van der Waals surface area contributed by atoms with E-state index in [0.717, 1.165) is 58.5 Å². The second kappa shape index (κ2) is 6.20. The van der Waals surface area contributed by atoms with Gasteiger partial charge in [0.25, 0.3) is 0 Å². The molecule has 4 rings (SSSR count). The topological polar surface area (TPSA) is 62.2 Å². The first kappa shape index (κ1) is 15.2. The zero-order chi connectivity index (χ0) is 14.9. The van der Waals surface area contributed by atoms with E-state index in [-0.39, 0.29) is 24.6 Å². The van der Waals surface area contributed by atoms with Crippen molar-refractivity contribution in [1.82, 2.24) is 9.80 Å². The molecule has 3 aliphatic heterocycles. The first-order chi connectivity index (χ1) is 10.1. The molecule has 1 unspecified atom stereocenters. The smallest absolute Gasteiger partial charge is 0.249 e. The van der Waals surface area contributed by atoms with Crippen LogP contribution < -0.4 is 0 Å². The highest BCUT2D eigenvalue weighted by Crippen LogP contribution is 2.43. The van der Waals surface area contributed by atoms with Gasteiger partial charge in [-0.1, -0.05) is 0 Å². The Labute approximate surface area is 126 Å². The number of nitrogens with zero attached hydrogens (tertiary/aromatic N) is 2. The number of amides is 1. The maximum Gasteiger partial charge on any atom is 0.249 e. The third-order valence-corrected chi connectivity index (χ3v) is 5.26. The van der Waals surface area contributed by atoms with Gasteiger partial charge in [-0.3, -0.25) is 9.69 Å². The van der Waals surface area contributed by atoms with Crippen LogP contribution in [-0.4, -0.2) is 85.1 Å². The summed E-state index contributed by atoms with van der Waals surface area (Å²) in [6.45, 7) is 4.08. The minimum atomic E-state index is -0.726. The van der Waals surface area contributed by atoms with Gasteiger partial charge in [-0.2, -0.15) is 0 Å². The van der Waals surface area contributed by atoms with Gasteiger partial charge in [0.1, 0.15) is 6.61 Å². The summed E-state index contributed by atoms with van der Waals surface area (Å²) in [5.41, 5.74) is -0.726. The maximum absolute atomic E-state index is 12.4. The molecule has 1 aliphatic carbocycles. The van der Waals surface area contributed by atoms with Gasteiger partial charge in [-0.25, -0.2) is 0 Å². The zero-order valence-electron chi connectivity index (χ0n) is 12.8. The van der Waals surface area contributed by atoms with Crippen LogP contribution in [0.3, 0.4) is 0 Å². The molecule has 3 saturated heterocycles. The first-order valence-corrected chi connectivity index (χ1v) is 7.96. The quantitative estimate of drug-likeness (QED) is 0.782. The Morgan fingerprint density at radius 3 is 2.62 bits per heavy atom. The summed E-state index contributed by atoms with van der Waals surface area (Å²) >= 11 is 0. The predicted molar refractivity (Wildman–Crippen MR) is 77.0 cm³/mol. The van der Waals surface area contributed by atoms with Gasteiger partial charge in [-0.15, -0.1) is 0 Å². The van der Waals surface area contributed by atoms with E-state index < -0.39 is 5.60 Å². The molecule has 2 bridgehead atoms. The Hall–Kier alpha value is -0.690. The van der Waals surface area contributed by atoms with Crippen molar-refractivity contribution in [3.63, 3.8) is 0 Å². The van der Waals surface area contributed by atoms with Gasteiger partial charge in [0, 0.05) is 32.8 Å². The Bertz CT molecular complexity index is 376. The van der Waals surface area contributed by atoms with Crippen molar-refractivity contribution >= 4 is 5.91 Å². The van der Waals surface area contributed by atoms with E-state index in [2.05, 4.69) is 4.90 Å². The number of rotatable bonds is 4. The van der Waals surface area contributed by atoms with Crippen molar-refractivity contribution in [2.45, 2.75) is 43.4 Å². The molecule has 1 N–H and O–H groups in total. The molecule has 6 nitrogen and oxygen atoms in total. The van der Waals surface area contributed by atoms with Crippen LogP contribution in [0.1, 0.15) is 25.7 Å². The van der Waals surface area contributed by atoms with E-state index in [9.17, 15) is 9.90 Å². The standard InChI is InChI=1S/C15H26N2O4/c1-20-11-14(18)17-12-2-4-15(19,5-3-12)13(17)10-16-6-8-21-9-7-16/h12-13,19H,2-11H2,1H3. The number of ether oxygens (including phenoxy) is 2. The largest absolute Gasteiger partial charge is 0.388 e. The lowest BCUT2D eigenvalue weighted by Crippen LogP contribution is -2.69. The van der Waals surface area contributed by atoms with Crippen molar-refractivity contribution in [3.05, 3.63) is 0 Å². The normalized spacial score (nSPS) is 37.0. The number of hydrogen-bond donors (Lipinski definition) is 1. The molecular weight excluding hydrogens is 272 g/mol. The average molecular weight is 298 g/mol. The summed E-state index contributed by atoms with van der Waals surface area (Å²) in [7, 11) is 1.55. The second-order valence-corrected chi connectivity index (χ2v) is 6.50. The number of aliphatic hydroxyl groups is 1. The summed E-state index contributed by atoms with van der Waals surface area (Å²) in [5.74, 6) is 0.0126. The minimum absolute atomic E-state index is 0.0126. The van der Waals surface area contributed by atoms with Crippen molar-refractivity contribution in [2.24, 2.45) is 0 Å². The highest BCUT2D eigenvalue weighted by atomic mass is 16.5. The van der Waals surface area contributed by atoms with Crippen molar-refractivity contribution in [2.75, 3.05) is 46.6 Å². The molecule has 21 heavy (non-hydrogen) atoms. The summed E-state index contributed by atoms with van der Waals surface area (Å²) in [6.07, 6.45) is 3.43. The molecule has 0 aromatic rings. The fraction of sp³-hybridized carbons (Fsp3) is 0.933. The van der Waals surface area contributed by atoms with Crippen LogP contribution in [0.15, 0.2) is 0 Å². The van der Waals surface area contributed by atoms with Gasteiger partial charge in [0.05, 0.1) is 24.9 Å². The van der Waals surface area contributed by atoms with E-state index in [1.165, 1.54) is 0 Å². The lowest BCUT2D eigenvalue weighted by atomic mass is 9.70. The van der Waals surface area contributed by atoms with E-state index >= 15 is 0 Å². The van der Waals surface area contributed by atoms with E-state index in [1.807, 2.05) is 4.90 Å². The number of hydrogen-bond acceptors (Lipinski definition) is 5. The Kier molecular flexibility index (Phi) is 4.49. The average Bonchev–Trinajstić information content (AvgIpc) is 2.50. The molecule has 4 fully saturated rings. The molecule has 1 amide bonds. The third kappa shape index (κ3) is 2.95. The molecule has 120 valence electrons. The van der Waals surface area contributed by atoms with Crippen molar-refractivity contribution in [3.8, 4) is 0 Å². The molecule has 1 saturated carbocycles. The number of carbonyl (C=O) groups is 1. The Morgan fingerprint density at radius 1 is 1.33 bits per heavy atom. The van der Waals surface area contributed by atoms with E-state index in [4.69, 9.17) is 9.47 Å². The number of fused-ring (bicyclic) bond motifs is 3. The van der Waals surface area contributed by atoms with Crippen LogP contribution in [0.25, 0.3) is 0 Å². The number of morpholine rings is 1. The van der Waals surface area contributed by atoms with Crippen LogP contribution in [0.5, 0.6) is 0 Å². The van der Waals surface area contributed by atoms with Crippen LogP contribution >= 0.6 is 0 Å². The number of piperidine rings is 2. The van der Waals surface area contributed by atoms with Crippen molar-refractivity contribution < 1.29 is 19.4 Å². The molecule has 0 radical (unpaired) electrons. The zero-order valence-corrected chi connectivity index (χ0v) is 12.8. The molecule has 4 aliphatic rings. The second-order valence-electron chi connectivity index (χ2n) is 6.50. The Balaban J connectivity index is 1.76. The first-order valence-electron chi connectivity index (χ1n) is 7.96. The summed E-state index contributed by atoms with van der Waals surface area (Å²) < 4.78 is 10.4. The lowest BCUT2D eigenvalue weighted by Gasteiger charge is -2.57. The summed E-state index contributed by atoms with van der Waals surface area (Å²) in [5, 5.41) is 11.0. The molecule has 1 atom stereocenters. The van der Waals surface area contributed by atoms with Gasteiger partial charge in [-0.05, 0) is 25.7 Å². The van der Waals surface area contributed by atoms with Crippen LogP contribution in [0.4, 0.5) is 0 Å². The molecule has 0 spiro atoms. The van der Waals surface area contributed by atoms with Gasteiger partial charge >= 0.3 is 0 Å². The highest BCUT2D eigenvalue weighted by molar-refractivity contribution is 5.78. The van der Waals surface area contributed by atoms with Gasteiger partial charge in [0.2, 0.25) is 5.91 Å². The Morgan fingerprint density at radius 2 is 2.00 bits per heavy atom. The third-order valence-electron chi connectivity index (χ3n) is 5.26. The maximum atomic E-state index is 12.4. The van der Waals surface area contributed by atoms with E-state index in [1.54, 1.807) is 7.11 Å². The van der Waals surface area contributed by atoms with Gasteiger partial charge < -0.3 is 19.5 Å². The van der Waals surface area contributed by atoms with E-state index in [0.29, 0.717) is 0 Å². The summed E-state index contributed by atoms with van der Waals surface area (Å²) in [6, 6.07) is 0.165. The van der Waals surface area contributed by atoms with Gasteiger partial charge in [0.15, 0.2) is 0 Å². The molecule has 3 heterocycles. The molecule has 0 aromatic heterocycles. The monoisotopic (exact) mass is 298 g/mol. The van der Waals surface area contributed by atoms with Crippen LogP contribution in [0, 0.1) is 0 Å². The van der Waals surface area contributed by atoms with Crippen LogP contribution in [0.2, 0.25) is 0 Å². The molecular formula is C15H26N2O4. The SMILES string of the molecule is COCC(=O)N1C2CCC(O)(CC2)C1CN1CCOCC1. The van der Waals surface area contributed by atoms with Crippen molar-refractivity contribution in [1.29, 1.82) is 0 Å². The molecule has 6 heteroatoms. The number of methoxy groups -OCH3 is 1. The summed E-state index contributed by atoms with van der Waals surface area (Å²) in [4.78, 5) is 16.7. The van der Waals surface area contributed by atoms with Crippen LogP contribution in [-0.2, 0) is 14.3 Å². The lowest BCUT2D eigenvalue weighted by molar-refractivity contribution is -0.177. The fourth-order valence-electron chi connectivity index (χ4n) is 4.09. The highest BCUT2D eigenvalue weighted by Gasteiger charge is 2.53. The fourth-order valence-corrected chi connectivity index (χ4v) is 4.09. The number of carbonyl (C=O) groups excluding carboxylic acids is 1.